The Morgan fingerprint density at radius 1 is 1.30 bits per heavy atom. The lowest BCUT2D eigenvalue weighted by Gasteiger charge is -2.06. The van der Waals surface area contributed by atoms with Crippen LogP contribution in [0.3, 0.4) is 0 Å². The summed E-state index contributed by atoms with van der Waals surface area (Å²) in [5.41, 5.74) is 0.276. The summed E-state index contributed by atoms with van der Waals surface area (Å²) in [5.74, 6) is 0. The van der Waals surface area contributed by atoms with Crippen LogP contribution in [-0.2, 0) is 25.4 Å². The van der Waals surface area contributed by atoms with Gasteiger partial charge in [0, 0.05) is 20.6 Å². The van der Waals surface area contributed by atoms with Crippen LogP contribution >= 0.6 is 0 Å². The fraction of sp³-hybridized carbons (Fsp3) is 0.615. The maximum Gasteiger partial charge on any atom is 0.332 e. The van der Waals surface area contributed by atoms with Gasteiger partial charge < -0.3 is 9.30 Å². The van der Waals surface area contributed by atoms with E-state index in [1.165, 1.54) is 11.6 Å². The maximum atomic E-state index is 12.2. The Labute approximate surface area is 115 Å². The van der Waals surface area contributed by atoms with E-state index in [0.717, 1.165) is 17.4 Å². The molecule has 7 nitrogen and oxygen atoms in total. The number of hydrogen-bond acceptors (Lipinski definition) is 4. The zero-order valence-corrected chi connectivity index (χ0v) is 11.9. The number of hydrogen-bond donors (Lipinski definition) is 0. The van der Waals surface area contributed by atoms with Gasteiger partial charge >= 0.3 is 5.69 Å². The van der Waals surface area contributed by atoms with Gasteiger partial charge in [-0.05, 0) is 19.8 Å². The first-order valence-corrected chi connectivity index (χ1v) is 6.77. The van der Waals surface area contributed by atoms with Gasteiger partial charge in [-0.3, -0.25) is 13.9 Å². The van der Waals surface area contributed by atoms with Gasteiger partial charge in [0.25, 0.3) is 5.56 Å². The van der Waals surface area contributed by atoms with Gasteiger partial charge in [0.15, 0.2) is 11.2 Å². The molecule has 0 radical (unpaired) electrons. The molecule has 0 aromatic carbocycles. The minimum Gasteiger partial charge on any atom is -0.370 e. The smallest absolute Gasteiger partial charge is 0.332 e. The largest absolute Gasteiger partial charge is 0.370 e. The molecule has 0 N–H and O–H groups in total. The summed E-state index contributed by atoms with van der Waals surface area (Å²) in [6.45, 7) is 2.76. The summed E-state index contributed by atoms with van der Waals surface area (Å²) in [6, 6.07) is 0. The average Bonchev–Trinajstić information content (AvgIpc) is 2.97. The van der Waals surface area contributed by atoms with Crippen LogP contribution in [0, 0.1) is 0 Å². The van der Waals surface area contributed by atoms with Gasteiger partial charge in [-0.25, -0.2) is 9.78 Å². The van der Waals surface area contributed by atoms with Gasteiger partial charge in [-0.15, -0.1) is 0 Å². The van der Waals surface area contributed by atoms with Crippen molar-refractivity contribution in [3.8, 4) is 0 Å². The SMILES string of the molecule is CC1OC1CCCn1cnc2c1c(=O)n(C)c(=O)n2C. The van der Waals surface area contributed by atoms with E-state index in [0.29, 0.717) is 29.9 Å². The highest BCUT2D eigenvalue weighted by atomic mass is 16.6. The second-order valence-electron chi connectivity index (χ2n) is 5.34. The summed E-state index contributed by atoms with van der Waals surface area (Å²) in [6.07, 6.45) is 4.25. The number of fused-ring (bicyclic) bond motifs is 1. The fourth-order valence-corrected chi connectivity index (χ4v) is 2.56. The molecule has 2 atom stereocenters. The van der Waals surface area contributed by atoms with Crippen LogP contribution in [0.4, 0.5) is 0 Å². The Bertz CT molecular complexity index is 770. The number of imidazole rings is 1. The van der Waals surface area contributed by atoms with E-state index >= 15 is 0 Å². The van der Waals surface area contributed by atoms with E-state index in [-0.39, 0.29) is 11.2 Å². The van der Waals surface area contributed by atoms with Crippen LogP contribution in [-0.4, -0.2) is 30.9 Å². The van der Waals surface area contributed by atoms with Crippen LogP contribution in [0.25, 0.3) is 11.2 Å². The lowest BCUT2D eigenvalue weighted by Crippen LogP contribution is -2.37. The van der Waals surface area contributed by atoms with Gasteiger partial charge in [0.1, 0.15) is 0 Å². The summed E-state index contributed by atoms with van der Waals surface area (Å²) in [7, 11) is 3.11. The molecule has 0 bridgehead atoms. The quantitative estimate of drug-likeness (QED) is 0.738. The standard InChI is InChI=1S/C13H18N4O3/c1-8-9(20-8)5-4-6-17-7-14-11-10(17)12(18)16(3)13(19)15(11)2/h7-9H,4-6H2,1-3H3. The Kier molecular flexibility index (Phi) is 3.01. The van der Waals surface area contributed by atoms with E-state index in [4.69, 9.17) is 4.74 Å². The van der Waals surface area contributed by atoms with Crippen molar-refractivity contribution in [3.63, 3.8) is 0 Å². The third kappa shape index (κ3) is 1.98. The van der Waals surface area contributed by atoms with Crippen molar-refractivity contribution < 1.29 is 4.74 Å². The zero-order chi connectivity index (χ0) is 14.4. The van der Waals surface area contributed by atoms with Crippen LogP contribution in [0.1, 0.15) is 19.8 Å². The highest BCUT2D eigenvalue weighted by Crippen LogP contribution is 2.25. The highest BCUT2D eigenvalue weighted by molar-refractivity contribution is 5.69. The summed E-state index contributed by atoms with van der Waals surface area (Å²) in [4.78, 5) is 28.2. The van der Waals surface area contributed by atoms with E-state index in [2.05, 4.69) is 11.9 Å². The predicted octanol–water partition coefficient (Wildman–Crippen LogP) is 0.00120. The highest BCUT2D eigenvalue weighted by Gasteiger charge is 2.33. The second kappa shape index (κ2) is 4.59. The fourth-order valence-electron chi connectivity index (χ4n) is 2.56. The molecule has 1 saturated heterocycles. The minimum atomic E-state index is -0.354. The third-order valence-corrected chi connectivity index (χ3v) is 3.94. The molecule has 0 spiro atoms. The number of aromatic nitrogens is 4. The van der Waals surface area contributed by atoms with Crippen molar-refractivity contribution >= 4 is 11.2 Å². The molecule has 7 heteroatoms. The van der Waals surface area contributed by atoms with E-state index < -0.39 is 0 Å². The Balaban J connectivity index is 1.92. The molecule has 3 heterocycles. The molecular weight excluding hydrogens is 260 g/mol. The molecule has 0 saturated carbocycles. The Morgan fingerprint density at radius 3 is 2.65 bits per heavy atom. The van der Waals surface area contributed by atoms with Crippen LogP contribution < -0.4 is 11.2 Å². The monoisotopic (exact) mass is 278 g/mol. The molecular formula is C13H18N4O3. The summed E-state index contributed by atoms with van der Waals surface area (Å²) >= 11 is 0. The first-order chi connectivity index (χ1) is 9.50. The van der Waals surface area contributed by atoms with Gasteiger partial charge in [-0.1, -0.05) is 0 Å². The zero-order valence-electron chi connectivity index (χ0n) is 11.9. The maximum absolute atomic E-state index is 12.2. The lowest BCUT2D eigenvalue weighted by molar-refractivity contribution is 0.364. The molecule has 0 amide bonds. The average molecular weight is 278 g/mol. The molecule has 1 aliphatic heterocycles. The lowest BCUT2D eigenvalue weighted by atomic mass is 10.2. The summed E-state index contributed by atoms with van der Waals surface area (Å²) < 4.78 is 9.71. The minimum absolute atomic E-state index is 0.295. The Hall–Kier alpha value is -1.89. The van der Waals surface area contributed by atoms with Gasteiger partial charge in [0.05, 0.1) is 18.5 Å². The van der Waals surface area contributed by atoms with Crippen molar-refractivity contribution in [1.82, 2.24) is 18.7 Å². The normalized spacial score (nSPS) is 21.6. The van der Waals surface area contributed by atoms with Crippen molar-refractivity contribution in [2.75, 3.05) is 0 Å². The molecule has 1 fully saturated rings. The number of ether oxygens (including phenoxy) is 1. The van der Waals surface area contributed by atoms with Gasteiger partial charge in [0.2, 0.25) is 0 Å². The van der Waals surface area contributed by atoms with Crippen LogP contribution in [0.15, 0.2) is 15.9 Å². The van der Waals surface area contributed by atoms with Crippen molar-refractivity contribution in [1.29, 1.82) is 0 Å². The number of nitrogens with zero attached hydrogens (tertiary/aromatic N) is 4. The molecule has 0 aliphatic carbocycles. The van der Waals surface area contributed by atoms with Crippen molar-refractivity contribution in [2.45, 2.75) is 38.5 Å². The molecule has 3 rings (SSSR count). The molecule has 2 aromatic heterocycles. The number of rotatable bonds is 4. The summed E-state index contributed by atoms with van der Waals surface area (Å²) in [5, 5.41) is 0. The first kappa shape index (κ1) is 13.1. The molecule has 108 valence electrons. The molecule has 2 aromatic rings. The number of aryl methyl sites for hydroxylation is 2. The third-order valence-electron chi connectivity index (χ3n) is 3.94. The molecule has 1 aliphatic rings. The molecule has 20 heavy (non-hydrogen) atoms. The molecule has 2 unspecified atom stereocenters. The van der Waals surface area contributed by atoms with E-state index in [9.17, 15) is 9.59 Å². The first-order valence-electron chi connectivity index (χ1n) is 6.77. The number of epoxide rings is 1. The van der Waals surface area contributed by atoms with Gasteiger partial charge in [-0.2, -0.15) is 0 Å². The second-order valence-corrected chi connectivity index (χ2v) is 5.34. The predicted molar refractivity (Wildman–Crippen MR) is 73.8 cm³/mol. The van der Waals surface area contributed by atoms with E-state index in [1.54, 1.807) is 13.4 Å². The van der Waals surface area contributed by atoms with Crippen LogP contribution in [0.2, 0.25) is 0 Å². The Morgan fingerprint density at radius 2 is 2.00 bits per heavy atom. The van der Waals surface area contributed by atoms with Crippen LogP contribution in [0.5, 0.6) is 0 Å². The van der Waals surface area contributed by atoms with E-state index in [1.807, 2.05) is 4.57 Å². The van der Waals surface area contributed by atoms with Crippen molar-refractivity contribution in [3.05, 3.63) is 27.2 Å². The van der Waals surface area contributed by atoms with Crippen molar-refractivity contribution in [2.24, 2.45) is 14.1 Å². The topological polar surface area (TPSA) is 74.3 Å².